The van der Waals surface area contributed by atoms with Gasteiger partial charge in [0.05, 0.1) is 22.7 Å². The third-order valence-electron chi connectivity index (χ3n) is 6.00. The van der Waals surface area contributed by atoms with Crippen molar-refractivity contribution in [2.24, 2.45) is 0 Å². The van der Waals surface area contributed by atoms with Crippen LogP contribution in [0.5, 0.6) is 0 Å². The van der Waals surface area contributed by atoms with Crippen LogP contribution in [-0.2, 0) is 11.0 Å². The maximum Gasteiger partial charge on any atom is 0.417 e. The Balaban J connectivity index is 1.60. The third-order valence-corrected chi connectivity index (χ3v) is 6.00. The first-order valence-corrected chi connectivity index (χ1v) is 10.8. The van der Waals surface area contributed by atoms with Crippen LogP contribution in [0.2, 0.25) is 0 Å². The topological polar surface area (TPSA) is 77.0 Å². The van der Waals surface area contributed by atoms with Crippen LogP contribution < -0.4 is 0 Å². The fourth-order valence-corrected chi connectivity index (χ4v) is 4.23. The molecular formula is C22H26F3N5O2. The van der Waals surface area contributed by atoms with Crippen LogP contribution in [0.1, 0.15) is 74.9 Å². The number of amides is 1. The Morgan fingerprint density at radius 3 is 2.75 bits per heavy atom. The van der Waals surface area contributed by atoms with Crippen molar-refractivity contribution < 1.29 is 22.5 Å². The molecule has 1 amide bonds. The van der Waals surface area contributed by atoms with Gasteiger partial charge in [0.2, 0.25) is 5.91 Å². The molecule has 10 heteroatoms. The molecule has 2 atom stereocenters. The molecule has 0 aromatic carbocycles. The summed E-state index contributed by atoms with van der Waals surface area (Å²) < 4.78 is 48.7. The summed E-state index contributed by atoms with van der Waals surface area (Å²) in [5, 5.41) is 8.07. The van der Waals surface area contributed by atoms with Gasteiger partial charge >= 0.3 is 6.18 Å². The highest BCUT2D eigenvalue weighted by atomic mass is 19.4. The molecule has 0 N–H and O–H groups in total. The molecule has 3 aromatic rings. The fraction of sp³-hybridized carbons (Fsp3) is 0.545. The Bertz CT molecular complexity index is 1090. The van der Waals surface area contributed by atoms with Crippen LogP contribution in [0.3, 0.4) is 0 Å². The van der Waals surface area contributed by atoms with E-state index in [1.807, 2.05) is 6.92 Å². The van der Waals surface area contributed by atoms with E-state index in [4.69, 9.17) is 4.52 Å². The summed E-state index contributed by atoms with van der Waals surface area (Å²) in [6, 6.07) is 2.77. The van der Waals surface area contributed by atoms with E-state index in [0.29, 0.717) is 31.6 Å². The quantitative estimate of drug-likeness (QED) is 0.553. The number of nitrogens with zero attached hydrogens (tertiary/aromatic N) is 5. The number of rotatable bonds is 5. The monoisotopic (exact) mass is 449 g/mol. The van der Waals surface area contributed by atoms with E-state index < -0.39 is 11.7 Å². The lowest BCUT2D eigenvalue weighted by molar-refractivity contribution is -0.136. The molecule has 7 nitrogen and oxygen atoms in total. The second-order valence-electron chi connectivity index (χ2n) is 8.71. The van der Waals surface area contributed by atoms with Crippen molar-refractivity contribution in [2.75, 3.05) is 13.1 Å². The number of halogens is 3. The number of alkyl halides is 3. The van der Waals surface area contributed by atoms with Crippen molar-refractivity contribution >= 4 is 17.0 Å². The first kappa shape index (κ1) is 22.3. The molecular weight excluding hydrogens is 423 g/mol. The van der Waals surface area contributed by atoms with Gasteiger partial charge in [0.15, 0.2) is 0 Å². The molecule has 0 bridgehead atoms. The molecule has 0 spiro atoms. The summed E-state index contributed by atoms with van der Waals surface area (Å²) in [6.07, 6.45) is 0.471. The zero-order valence-corrected chi connectivity index (χ0v) is 18.3. The Morgan fingerprint density at radius 1 is 1.31 bits per heavy atom. The van der Waals surface area contributed by atoms with Crippen molar-refractivity contribution in [3.63, 3.8) is 0 Å². The second-order valence-corrected chi connectivity index (χ2v) is 8.71. The van der Waals surface area contributed by atoms with Crippen LogP contribution in [0.15, 0.2) is 29.0 Å². The van der Waals surface area contributed by atoms with Gasteiger partial charge in [-0.1, -0.05) is 19.0 Å². The summed E-state index contributed by atoms with van der Waals surface area (Å²) >= 11 is 0. The number of fused-ring (bicyclic) bond motifs is 1. The van der Waals surface area contributed by atoms with Crippen LogP contribution in [-0.4, -0.2) is 43.8 Å². The number of hydrogen-bond acceptors (Lipinski definition) is 5. The molecule has 3 aromatic heterocycles. The highest BCUT2D eigenvalue weighted by Crippen LogP contribution is 2.40. The van der Waals surface area contributed by atoms with E-state index in [0.717, 1.165) is 6.07 Å². The molecule has 172 valence electrons. The average molecular weight is 449 g/mol. The number of carbonyl (C=O) groups is 1. The zero-order valence-electron chi connectivity index (χ0n) is 18.3. The largest absolute Gasteiger partial charge is 0.417 e. The number of piperidine rings is 1. The van der Waals surface area contributed by atoms with E-state index in [1.165, 1.54) is 0 Å². The summed E-state index contributed by atoms with van der Waals surface area (Å²) in [4.78, 5) is 18.9. The predicted octanol–water partition coefficient (Wildman–Crippen LogP) is 4.92. The molecule has 0 aliphatic carbocycles. The van der Waals surface area contributed by atoms with E-state index in [9.17, 15) is 18.0 Å². The number of pyridine rings is 1. The minimum atomic E-state index is -4.56. The minimum Gasteiger partial charge on any atom is -0.342 e. The van der Waals surface area contributed by atoms with Gasteiger partial charge in [-0.3, -0.25) is 9.48 Å². The van der Waals surface area contributed by atoms with Gasteiger partial charge in [-0.25, -0.2) is 4.98 Å². The normalized spacial score (nSPS) is 18.5. The standard InChI is InChI=1S/C22H26F3N5O2/c1-13(2)17-11-16(22(23,24)25)19-20(28-32-21(19)27-17)15-6-4-8-29(12-15)18(31)10-14(3)30-9-5-7-26-30/h5,7,9,11,13-15H,4,6,8,10,12H2,1-3H3/t14-,15+/m0/s1. The van der Waals surface area contributed by atoms with Gasteiger partial charge in [0.1, 0.15) is 0 Å². The Labute approximate surface area is 183 Å². The van der Waals surface area contributed by atoms with Crippen LogP contribution in [0, 0.1) is 0 Å². The van der Waals surface area contributed by atoms with Gasteiger partial charge in [-0.05, 0) is 37.8 Å². The summed E-state index contributed by atoms with van der Waals surface area (Å²) in [7, 11) is 0. The van der Waals surface area contributed by atoms with E-state index >= 15 is 0 Å². The van der Waals surface area contributed by atoms with Crippen molar-refractivity contribution in [2.45, 2.75) is 64.1 Å². The number of carbonyl (C=O) groups excluding carboxylic acids is 1. The lowest BCUT2D eigenvalue weighted by Crippen LogP contribution is -2.40. The van der Waals surface area contributed by atoms with E-state index in [-0.39, 0.29) is 47.0 Å². The van der Waals surface area contributed by atoms with Gasteiger partial charge in [0.25, 0.3) is 5.71 Å². The number of hydrogen-bond donors (Lipinski definition) is 0. The van der Waals surface area contributed by atoms with Crippen LogP contribution in [0.4, 0.5) is 13.2 Å². The lowest BCUT2D eigenvalue weighted by Gasteiger charge is -2.32. The van der Waals surface area contributed by atoms with Gasteiger partial charge in [0, 0.05) is 43.5 Å². The summed E-state index contributed by atoms with van der Waals surface area (Å²) in [5.41, 5.74) is -0.346. The van der Waals surface area contributed by atoms with Gasteiger partial charge < -0.3 is 9.42 Å². The summed E-state index contributed by atoms with van der Waals surface area (Å²) in [6.45, 7) is 6.33. The highest BCUT2D eigenvalue weighted by Gasteiger charge is 2.38. The van der Waals surface area contributed by atoms with Crippen molar-refractivity contribution in [3.05, 3.63) is 41.5 Å². The highest BCUT2D eigenvalue weighted by molar-refractivity contribution is 5.82. The number of aromatic nitrogens is 4. The molecule has 4 rings (SSSR count). The Hall–Kier alpha value is -2.91. The van der Waals surface area contributed by atoms with Crippen LogP contribution >= 0.6 is 0 Å². The molecule has 0 radical (unpaired) electrons. The Morgan fingerprint density at radius 2 is 2.09 bits per heavy atom. The molecule has 1 fully saturated rings. The van der Waals surface area contributed by atoms with E-state index in [1.54, 1.807) is 41.9 Å². The third kappa shape index (κ3) is 4.35. The minimum absolute atomic E-state index is 0.0539. The molecule has 1 aliphatic rings. The Kier molecular flexibility index (Phi) is 5.96. The molecule has 32 heavy (non-hydrogen) atoms. The first-order valence-electron chi connectivity index (χ1n) is 10.8. The van der Waals surface area contributed by atoms with Gasteiger partial charge in [-0.15, -0.1) is 0 Å². The molecule has 4 heterocycles. The zero-order chi connectivity index (χ0) is 23.0. The van der Waals surface area contributed by atoms with Crippen molar-refractivity contribution in [1.29, 1.82) is 0 Å². The SMILES string of the molecule is CC(C)c1cc(C(F)(F)F)c2c([C@@H]3CCCN(C(=O)C[C@H](C)n4cccn4)C3)noc2n1. The first-order chi connectivity index (χ1) is 15.1. The average Bonchev–Trinajstić information content (AvgIpc) is 3.42. The van der Waals surface area contributed by atoms with Crippen LogP contribution in [0.25, 0.3) is 11.1 Å². The summed E-state index contributed by atoms with van der Waals surface area (Å²) in [5.74, 6) is -0.586. The van der Waals surface area contributed by atoms with E-state index in [2.05, 4.69) is 15.2 Å². The van der Waals surface area contributed by atoms with Crippen molar-refractivity contribution in [1.82, 2.24) is 24.8 Å². The van der Waals surface area contributed by atoms with Crippen molar-refractivity contribution in [3.8, 4) is 0 Å². The maximum absolute atomic E-state index is 13.9. The maximum atomic E-state index is 13.9. The molecule has 0 saturated carbocycles. The van der Waals surface area contributed by atoms with Gasteiger partial charge in [-0.2, -0.15) is 18.3 Å². The molecule has 1 aliphatic heterocycles. The second kappa shape index (κ2) is 8.55. The molecule has 0 unspecified atom stereocenters. The number of likely N-dealkylation sites (tertiary alicyclic amines) is 1. The predicted molar refractivity (Wildman–Crippen MR) is 111 cm³/mol. The lowest BCUT2D eigenvalue weighted by atomic mass is 9.91. The fourth-order valence-electron chi connectivity index (χ4n) is 4.23. The smallest absolute Gasteiger partial charge is 0.342 e. The molecule has 1 saturated heterocycles.